The first kappa shape index (κ1) is 16.2. The molecule has 7 nitrogen and oxygen atoms in total. The predicted octanol–water partition coefficient (Wildman–Crippen LogP) is 1.03. The van der Waals surface area contributed by atoms with Crippen LogP contribution in [0.15, 0.2) is 18.3 Å². The Kier molecular flexibility index (Phi) is 6.56. The van der Waals surface area contributed by atoms with Crippen LogP contribution in [-0.2, 0) is 4.74 Å². The maximum atomic E-state index is 9.16. The molecule has 1 aliphatic heterocycles. The number of hydrogen-bond acceptors (Lipinski definition) is 7. The fourth-order valence-corrected chi connectivity index (χ4v) is 2.43. The molecule has 2 rings (SSSR count). The minimum atomic E-state index is -0.0913. The Hall–Kier alpha value is -2.22. The standard InChI is InChI=1S/C15H20N6O/c16-5-1-3-13(9-17)11-21-7-8-22-14(12-21)10-18-15-4-2-6-19-20-15/h2,4,6,13-14H,1,3,7-8,10-12H2,(H,18,20). The Balaban J connectivity index is 1.76. The number of rotatable bonds is 7. The van der Waals surface area contributed by atoms with E-state index >= 15 is 0 Å². The molecular weight excluding hydrogens is 280 g/mol. The molecule has 1 aromatic heterocycles. The molecule has 2 unspecified atom stereocenters. The van der Waals surface area contributed by atoms with E-state index in [-0.39, 0.29) is 12.0 Å². The van der Waals surface area contributed by atoms with Gasteiger partial charge in [0.25, 0.3) is 0 Å². The highest BCUT2D eigenvalue weighted by Crippen LogP contribution is 2.12. The summed E-state index contributed by atoms with van der Waals surface area (Å²) < 4.78 is 5.74. The summed E-state index contributed by atoms with van der Waals surface area (Å²) >= 11 is 0. The van der Waals surface area contributed by atoms with Crippen LogP contribution in [0.5, 0.6) is 0 Å². The number of nitrogens with one attached hydrogen (secondary N) is 1. The third-order valence-electron chi connectivity index (χ3n) is 3.57. The maximum absolute atomic E-state index is 9.16. The van der Waals surface area contributed by atoms with Crippen molar-refractivity contribution in [3.63, 3.8) is 0 Å². The second kappa shape index (κ2) is 8.93. The number of anilines is 1. The van der Waals surface area contributed by atoms with Gasteiger partial charge in [-0.1, -0.05) is 0 Å². The zero-order chi connectivity index (χ0) is 15.6. The molecule has 1 N–H and O–H groups in total. The Morgan fingerprint density at radius 2 is 2.41 bits per heavy atom. The van der Waals surface area contributed by atoms with E-state index in [4.69, 9.17) is 15.3 Å². The van der Waals surface area contributed by atoms with Gasteiger partial charge in [-0.15, -0.1) is 5.10 Å². The van der Waals surface area contributed by atoms with Gasteiger partial charge in [-0.25, -0.2) is 0 Å². The number of nitrogens with zero attached hydrogens (tertiary/aromatic N) is 5. The Labute approximate surface area is 130 Å². The molecule has 1 aromatic rings. The number of hydrogen-bond donors (Lipinski definition) is 1. The van der Waals surface area contributed by atoms with E-state index in [1.54, 1.807) is 6.20 Å². The Bertz CT molecular complexity index is 523. The van der Waals surface area contributed by atoms with Gasteiger partial charge in [0, 0.05) is 38.8 Å². The highest BCUT2D eigenvalue weighted by atomic mass is 16.5. The van der Waals surface area contributed by atoms with Crippen molar-refractivity contribution >= 4 is 5.82 Å². The Morgan fingerprint density at radius 3 is 3.14 bits per heavy atom. The molecule has 0 aliphatic carbocycles. The average Bonchev–Trinajstić information content (AvgIpc) is 2.58. The van der Waals surface area contributed by atoms with Gasteiger partial charge < -0.3 is 10.1 Å². The van der Waals surface area contributed by atoms with Crippen molar-refractivity contribution in [3.8, 4) is 12.1 Å². The lowest BCUT2D eigenvalue weighted by Gasteiger charge is -2.33. The van der Waals surface area contributed by atoms with Crippen molar-refractivity contribution in [1.29, 1.82) is 10.5 Å². The topological polar surface area (TPSA) is 97.9 Å². The van der Waals surface area contributed by atoms with E-state index in [0.29, 0.717) is 32.5 Å². The zero-order valence-electron chi connectivity index (χ0n) is 12.5. The molecule has 1 saturated heterocycles. The minimum Gasteiger partial charge on any atom is -0.374 e. The average molecular weight is 300 g/mol. The summed E-state index contributed by atoms with van der Waals surface area (Å²) in [6.07, 6.45) is 2.76. The van der Waals surface area contributed by atoms with Crippen LogP contribution in [0.2, 0.25) is 0 Å². The van der Waals surface area contributed by atoms with Gasteiger partial charge in [0.05, 0.1) is 30.8 Å². The fourth-order valence-electron chi connectivity index (χ4n) is 2.43. The first-order chi connectivity index (χ1) is 10.8. The smallest absolute Gasteiger partial charge is 0.148 e. The third kappa shape index (κ3) is 5.28. The van der Waals surface area contributed by atoms with Crippen LogP contribution in [0, 0.1) is 28.6 Å². The number of nitriles is 2. The highest BCUT2D eigenvalue weighted by molar-refractivity contribution is 5.31. The number of morpholine rings is 1. The summed E-state index contributed by atoms with van der Waals surface area (Å²) in [6.45, 7) is 3.61. The van der Waals surface area contributed by atoms with E-state index in [0.717, 1.165) is 18.9 Å². The van der Waals surface area contributed by atoms with Crippen LogP contribution < -0.4 is 5.32 Å². The van der Waals surface area contributed by atoms with Gasteiger partial charge >= 0.3 is 0 Å². The number of ether oxygens (including phenoxy) is 1. The second-order valence-corrected chi connectivity index (χ2v) is 5.26. The molecule has 116 valence electrons. The van der Waals surface area contributed by atoms with Crippen molar-refractivity contribution in [3.05, 3.63) is 18.3 Å². The quantitative estimate of drug-likeness (QED) is 0.803. The largest absolute Gasteiger partial charge is 0.374 e. The van der Waals surface area contributed by atoms with Gasteiger partial charge in [0.2, 0.25) is 0 Å². The lowest BCUT2D eigenvalue weighted by molar-refractivity contribution is -0.0240. The van der Waals surface area contributed by atoms with Gasteiger partial charge in [-0.05, 0) is 18.6 Å². The summed E-state index contributed by atoms with van der Waals surface area (Å²) in [6, 6.07) is 8.08. The van der Waals surface area contributed by atoms with Crippen LogP contribution in [-0.4, -0.2) is 54.0 Å². The van der Waals surface area contributed by atoms with Gasteiger partial charge in [0.1, 0.15) is 5.82 Å². The lowest BCUT2D eigenvalue weighted by atomic mass is 10.0. The van der Waals surface area contributed by atoms with Crippen LogP contribution in [0.25, 0.3) is 0 Å². The first-order valence-corrected chi connectivity index (χ1v) is 7.44. The molecule has 0 radical (unpaired) electrons. The van der Waals surface area contributed by atoms with E-state index in [9.17, 15) is 0 Å². The second-order valence-electron chi connectivity index (χ2n) is 5.26. The van der Waals surface area contributed by atoms with E-state index in [1.165, 1.54) is 0 Å². The molecular formula is C15H20N6O. The summed E-state index contributed by atoms with van der Waals surface area (Å²) in [5.74, 6) is 0.637. The summed E-state index contributed by atoms with van der Waals surface area (Å²) in [4.78, 5) is 2.23. The van der Waals surface area contributed by atoms with Crippen LogP contribution in [0.1, 0.15) is 12.8 Å². The summed E-state index contributed by atoms with van der Waals surface area (Å²) in [5, 5.41) is 28.8. The summed E-state index contributed by atoms with van der Waals surface area (Å²) in [5.41, 5.74) is 0. The van der Waals surface area contributed by atoms with Crippen LogP contribution >= 0.6 is 0 Å². The molecule has 2 heterocycles. The normalized spacial score (nSPS) is 19.8. The first-order valence-electron chi connectivity index (χ1n) is 7.44. The highest BCUT2D eigenvalue weighted by Gasteiger charge is 2.22. The lowest BCUT2D eigenvalue weighted by Crippen LogP contribution is -2.46. The van der Waals surface area contributed by atoms with Gasteiger partial charge in [-0.3, -0.25) is 4.90 Å². The molecule has 7 heteroatoms. The van der Waals surface area contributed by atoms with E-state index in [1.807, 2.05) is 12.1 Å². The molecule has 0 bridgehead atoms. The van der Waals surface area contributed by atoms with Crippen molar-refractivity contribution < 1.29 is 4.74 Å². The number of aromatic nitrogens is 2. The fraction of sp³-hybridized carbons (Fsp3) is 0.600. The van der Waals surface area contributed by atoms with E-state index in [2.05, 4.69) is 32.6 Å². The molecule has 0 spiro atoms. The van der Waals surface area contributed by atoms with Crippen molar-refractivity contribution in [2.24, 2.45) is 5.92 Å². The minimum absolute atomic E-state index is 0.0612. The molecule has 0 aromatic carbocycles. The van der Waals surface area contributed by atoms with Crippen molar-refractivity contribution in [1.82, 2.24) is 15.1 Å². The molecule has 0 saturated carbocycles. The molecule has 1 fully saturated rings. The van der Waals surface area contributed by atoms with Crippen molar-refractivity contribution in [2.75, 3.05) is 38.1 Å². The monoisotopic (exact) mass is 300 g/mol. The molecule has 2 atom stereocenters. The van der Waals surface area contributed by atoms with Crippen LogP contribution in [0.3, 0.4) is 0 Å². The maximum Gasteiger partial charge on any atom is 0.148 e. The third-order valence-corrected chi connectivity index (χ3v) is 3.57. The van der Waals surface area contributed by atoms with E-state index < -0.39 is 0 Å². The SMILES string of the molecule is N#CCCC(C#N)CN1CCOC(CNc2cccnn2)C1. The molecule has 1 aliphatic rings. The molecule has 0 amide bonds. The summed E-state index contributed by atoms with van der Waals surface area (Å²) in [7, 11) is 0. The zero-order valence-corrected chi connectivity index (χ0v) is 12.5. The predicted molar refractivity (Wildman–Crippen MR) is 80.7 cm³/mol. The molecule has 22 heavy (non-hydrogen) atoms. The van der Waals surface area contributed by atoms with Crippen molar-refractivity contribution in [2.45, 2.75) is 18.9 Å². The van der Waals surface area contributed by atoms with Gasteiger partial charge in [-0.2, -0.15) is 15.6 Å². The Morgan fingerprint density at radius 1 is 1.50 bits per heavy atom. The van der Waals surface area contributed by atoms with Crippen LogP contribution in [0.4, 0.5) is 5.82 Å². The van der Waals surface area contributed by atoms with Gasteiger partial charge in [0.15, 0.2) is 0 Å².